The molecule has 1 aromatic carbocycles. The molecule has 8 heteroatoms. The lowest BCUT2D eigenvalue weighted by Crippen LogP contribution is -2.43. The first kappa shape index (κ1) is 22.9. The fourth-order valence-corrected chi connectivity index (χ4v) is 5.52. The summed E-state index contributed by atoms with van der Waals surface area (Å²) >= 11 is 5.47. The van der Waals surface area contributed by atoms with Gasteiger partial charge in [-0.1, -0.05) is 33.6 Å². The fourth-order valence-electron chi connectivity index (χ4n) is 3.63. The molecule has 0 spiro atoms. The third kappa shape index (κ3) is 5.58. The van der Waals surface area contributed by atoms with Crippen LogP contribution in [0.25, 0.3) is 0 Å². The lowest BCUT2D eigenvalue weighted by atomic mass is 9.86. The first-order valence-electron chi connectivity index (χ1n) is 10.2. The molecule has 0 heterocycles. The van der Waals surface area contributed by atoms with E-state index >= 15 is 0 Å². The molecule has 0 bridgehead atoms. The first-order valence-corrected chi connectivity index (χ1v) is 12.0. The molecule has 0 unspecified atom stereocenters. The number of sulfonamides is 1. The first-order chi connectivity index (χ1) is 13.3. The molecule has 1 aliphatic rings. The molecule has 28 heavy (non-hydrogen) atoms. The van der Waals surface area contributed by atoms with Gasteiger partial charge in [-0.3, -0.25) is 0 Å². The molecule has 0 saturated heterocycles. The van der Waals surface area contributed by atoms with Crippen molar-refractivity contribution in [3.63, 3.8) is 0 Å². The molecule has 6 nitrogen and oxygen atoms in total. The maximum atomic E-state index is 13.1. The third-order valence-corrected chi connectivity index (χ3v) is 7.54. The average Bonchev–Trinajstić information content (AvgIpc) is 2.65. The topological polar surface area (TPSA) is 70.7 Å². The number of nitrogens with one attached hydrogen (secondary N) is 2. The molecule has 2 atom stereocenters. The Hall–Kier alpha value is -1.38. The van der Waals surface area contributed by atoms with Gasteiger partial charge in [0.1, 0.15) is 10.6 Å². The molecule has 1 saturated carbocycles. The van der Waals surface area contributed by atoms with Crippen LogP contribution in [0.2, 0.25) is 0 Å². The standard InChI is InChI=1S/C20H33N3O3S2/c1-5-23(6-2)28(24,25)19-14-16(12-13-18(19)26-7-3)21-20(27)22-17-11-9-8-10-15(17)4/h12-15,17H,5-11H2,1-4H3,(H2,21,22,27)/t15-,17+/m0/s1. The van der Waals surface area contributed by atoms with E-state index in [-0.39, 0.29) is 4.90 Å². The maximum Gasteiger partial charge on any atom is 0.246 e. The molecule has 0 radical (unpaired) electrons. The van der Waals surface area contributed by atoms with Gasteiger partial charge >= 0.3 is 0 Å². The predicted octanol–water partition coefficient (Wildman–Crippen LogP) is 3.98. The Bertz CT molecular complexity index is 764. The highest BCUT2D eigenvalue weighted by molar-refractivity contribution is 7.89. The summed E-state index contributed by atoms with van der Waals surface area (Å²) in [4.78, 5) is 0.164. The Labute approximate surface area is 175 Å². The SMILES string of the molecule is CCOc1ccc(NC(=S)N[C@@H]2CCCC[C@@H]2C)cc1S(=O)(=O)N(CC)CC. The van der Waals surface area contributed by atoms with Crippen LogP contribution in [0.4, 0.5) is 5.69 Å². The summed E-state index contributed by atoms with van der Waals surface area (Å²) in [6.07, 6.45) is 4.79. The number of hydrogen-bond donors (Lipinski definition) is 2. The minimum atomic E-state index is -3.64. The summed E-state index contributed by atoms with van der Waals surface area (Å²) < 4.78 is 33.1. The third-order valence-electron chi connectivity index (χ3n) is 5.25. The van der Waals surface area contributed by atoms with E-state index < -0.39 is 10.0 Å². The van der Waals surface area contributed by atoms with E-state index in [0.29, 0.717) is 48.2 Å². The zero-order chi connectivity index (χ0) is 20.7. The van der Waals surface area contributed by atoms with Crippen LogP contribution in [0.15, 0.2) is 23.1 Å². The van der Waals surface area contributed by atoms with Crippen molar-refractivity contribution in [2.45, 2.75) is 64.3 Å². The van der Waals surface area contributed by atoms with Crippen LogP contribution in [-0.4, -0.2) is 43.6 Å². The number of hydrogen-bond acceptors (Lipinski definition) is 4. The van der Waals surface area contributed by atoms with Gasteiger partial charge in [-0.25, -0.2) is 8.42 Å². The molecule has 0 amide bonds. The molecular formula is C20H33N3O3S2. The van der Waals surface area contributed by atoms with E-state index in [9.17, 15) is 8.42 Å². The second kappa shape index (κ2) is 10.4. The second-order valence-electron chi connectivity index (χ2n) is 7.15. The molecule has 1 aliphatic carbocycles. The molecular weight excluding hydrogens is 394 g/mol. The van der Waals surface area contributed by atoms with E-state index in [2.05, 4.69) is 17.6 Å². The average molecular weight is 428 g/mol. The largest absolute Gasteiger partial charge is 0.492 e. The zero-order valence-corrected chi connectivity index (χ0v) is 19.0. The van der Waals surface area contributed by atoms with Gasteiger partial charge in [0.25, 0.3) is 0 Å². The highest BCUT2D eigenvalue weighted by Gasteiger charge is 2.26. The monoisotopic (exact) mass is 427 g/mol. The van der Waals surface area contributed by atoms with Gasteiger partial charge in [-0.15, -0.1) is 0 Å². The summed E-state index contributed by atoms with van der Waals surface area (Å²) in [5, 5.41) is 7.06. The van der Waals surface area contributed by atoms with Crippen molar-refractivity contribution in [1.29, 1.82) is 0 Å². The van der Waals surface area contributed by atoms with Crippen LogP contribution in [0.3, 0.4) is 0 Å². The van der Waals surface area contributed by atoms with Crippen molar-refractivity contribution in [2.24, 2.45) is 5.92 Å². The lowest BCUT2D eigenvalue weighted by molar-refractivity contribution is 0.309. The molecule has 2 N–H and O–H groups in total. The molecule has 2 rings (SSSR count). The number of anilines is 1. The summed E-state index contributed by atoms with van der Waals surface area (Å²) in [5.74, 6) is 0.937. The van der Waals surface area contributed by atoms with Crippen LogP contribution in [-0.2, 0) is 10.0 Å². The smallest absolute Gasteiger partial charge is 0.246 e. The van der Waals surface area contributed by atoms with Crippen LogP contribution >= 0.6 is 12.2 Å². The number of ether oxygens (including phenoxy) is 1. The second-order valence-corrected chi connectivity index (χ2v) is 9.47. The summed E-state index contributed by atoms with van der Waals surface area (Å²) in [6, 6.07) is 5.45. The Morgan fingerprint density at radius 1 is 1.21 bits per heavy atom. The van der Waals surface area contributed by atoms with Crippen molar-refractivity contribution in [3.05, 3.63) is 18.2 Å². The lowest BCUT2D eigenvalue weighted by Gasteiger charge is -2.30. The number of benzene rings is 1. The van der Waals surface area contributed by atoms with Gasteiger partial charge < -0.3 is 15.4 Å². The molecule has 1 aromatic rings. The van der Waals surface area contributed by atoms with Crippen molar-refractivity contribution in [3.8, 4) is 5.75 Å². The Balaban J connectivity index is 2.22. The van der Waals surface area contributed by atoms with E-state index in [1.807, 2.05) is 20.8 Å². The van der Waals surface area contributed by atoms with Crippen molar-refractivity contribution in [1.82, 2.24) is 9.62 Å². The summed E-state index contributed by atoms with van der Waals surface area (Å²) in [6.45, 7) is 8.94. The minimum absolute atomic E-state index is 0.164. The Kier molecular flexibility index (Phi) is 8.52. The van der Waals surface area contributed by atoms with E-state index in [4.69, 9.17) is 17.0 Å². The van der Waals surface area contributed by atoms with Crippen LogP contribution in [0.5, 0.6) is 5.75 Å². The van der Waals surface area contributed by atoms with Gasteiger partial charge in [0.05, 0.1) is 6.61 Å². The number of rotatable bonds is 8. The van der Waals surface area contributed by atoms with Gasteiger partial charge in [-0.05, 0) is 56.1 Å². The van der Waals surface area contributed by atoms with Gasteiger partial charge in [0, 0.05) is 24.8 Å². The molecule has 0 aromatic heterocycles. The highest BCUT2D eigenvalue weighted by atomic mass is 32.2. The van der Waals surface area contributed by atoms with Gasteiger partial charge in [0.15, 0.2) is 5.11 Å². The van der Waals surface area contributed by atoms with Crippen molar-refractivity contribution in [2.75, 3.05) is 25.0 Å². The van der Waals surface area contributed by atoms with E-state index in [1.165, 1.54) is 23.6 Å². The fraction of sp³-hybridized carbons (Fsp3) is 0.650. The van der Waals surface area contributed by atoms with E-state index in [1.54, 1.807) is 18.2 Å². The summed E-state index contributed by atoms with van der Waals surface area (Å²) in [5.41, 5.74) is 0.634. The molecule has 0 aliphatic heterocycles. The van der Waals surface area contributed by atoms with Crippen LogP contribution < -0.4 is 15.4 Å². The van der Waals surface area contributed by atoms with E-state index in [0.717, 1.165) is 6.42 Å². The minimum Gasteiger partial charge on any atom is -0.492 e. The Morgan fingerprint density at radius 2 is 1.89 bits per heavy atom. The number of thiocarbonyl (C=S) groups is 1. The van der Waals surface area contributed by atoms with Crippen LogP contribution in [0, 0.1) is 5.92 Å². The normalized spacial score (nSPS) is 20.0. The summed E-state index contributed by atoms with van der Waals surface area (Å²) in [7, 11) is -3.64. The van der Waals surface area contributed by atoms with Gasteiger partial charge in [0.2, 0.25) is 10.0 Å². The quantitative estimate of drug-likeness (QED) is 0.612. The van der Waals surface area contributed by atoms with Crippen LogP contribution in [0.1, 0.15) is 53.4 Å². The van der Waals surface area contributed by atoms with Crippen molar-refractivity contribution >= 4 is 33.0 Å². The molecule has 1 fully saturated rings. The Morgan fingerprint density at radius 3 is 2.50 bits per heavy atom. The predicted molar refractivity (Wildman–Crippen MR) is 118 cm³/mol. The van der Waals surface area contributed by atoms with Crippen molar-refractivity contribution < 1.29 is 13.2 Å². The molecule has 158 valence electrons. The number of nitrogens with zero attached hydrogens (tertiary/aromatic N) is 1. The highest BCUT2D eigenvalue weighted by Crippen LogP contribution is 2.30. The maximum absolute atomic E-state index is 13.1. The zero-order valence-electron chi connectivity index (χ0n) is 17.3. The van der Waals surface area contributed by atoms with Gasteiger partial charge in [-0.2, -0.15) is 4.31 Å².